The van der Waals surface area contributed by atoms with E-state index < -0.39 is 0 Å². The highest BCUT2D eigenvalue weighted by molar-refractivity contribution is 5.92. The van der Waals surface area contributed by atoms with Gasteiger partial charge in [0, 0.05) is 18.8 Å². The van der Waals surface area contributed by atoms with Crippen LogP contribution >= 0.6 is 0 Å². The molecule has 4 nitrogen and oxygen atoms in total. The Morgan fingerprint density at radius 1 is 1.00 bits per heavy atom. The van der Waals surface area contributed by atoms with Crippen LogP contribution in [0.5, 0.6) is 0 Å². The van der Waals surface area contributed by atoms with Crippen LogP contribution in [-0.4, -0.2) is 33.7 Å². The number of para-hydroxylation sites is 1. The van der Waals surface area contributed by atoms with Gasteiger partial charge in [0.05, 0.1) is 5.69 Å². The number of carbonyl (C=O) groups excluding carboxylic acids is 1. The standard InChI is InChI=1S/C23H25N3O/c1-18-16-22(24-26(18)21-10-6-3-7-11-21)23(27)25-14-12-20(13-15-25)17-19-8-4-2-5-9-19/h2-11,16,20H,12-15,17H2,1H3. The molecule has 1 aromatic heterocycles. The van der Waals surface area contributed by atoms with Crippen molar-refractivity contribution in [2.75, 3.05) is 13.1 Å². The Morgan fingerprint density at radius 3 is 2.30 bits per heavy atom. The summed E-state index contributed by atoms with van der Waals surface area (Å²) in [5.74, 6) is 0.700. The van der Waals surface area contributed by atoms with Gasteiger partial charge < -0.3 is 4.90 Å². The summed E-state index contributed by atoms with van der Waals surface area (Å²) in [4.78, 5) is 14.9. The topological polar surface area (TPSA) is 38.1 Å². The van der Waals surface area contributed by atoms with Crippen molar-refractivity contribution in [2.45, 2.75) is 26.2 Å². The quantitative estimate of drug-likeness (QED) is 0.697. The van der Waals surface area contributed by atoms with Crippen molar-refractivity contribution in [3.05, 3.63) is 83.7 Å². The number of amides is 1. The first-order chi connectivity index (χ1) is 13.2. The van der Waals surface area contributed by atoms with Crippen LogP contribution in [0.15, 0.2) is 66.7 Å². The lowest BCUT2D eigenvalue weighted by Gasteiger charge is -2.31. The van der Waals surface area contributed by atoms with Crippen LogP contribution in [-0.2, 0) is 6.42 Å². The summed E-state index contributed by atoms with van der Waals surface area (Å²) in [6, 6.07) is 22.5. The molecule has 1 fully saturated rings. The van der Waals surface area contributed by atoms with E-state index in [0.717, 1.165) is 43.7 Å². The monoisotopic (exact) mass is 359 g/mol. The van der Waals surface area contributed by atoms with E-state index >= 15 is 0 Å². The molecule has 0 N–H and O–H groups in total. The maximum absolute atomic E-state index is 12.9. The number of likely N-dealkylation sites (tertiary alicyclic amines) is 1. The van der Waals surface area contributed by atoms with Gasteiger partial charge in [-0.15, -0.1) is 0 Å². The first-order valence-electron chi connectivity index (χ1n) is 9.66. The zero-order valence-corrected chi connectivity index (χ0v) is 15.7. The van der Waals surface area contributed by atoms with Crippen LogP contribution in [0.3, 0.4) is 0 Å². The molecular formula is C23H25N3O. The second kappa shape index (κ2) is 7.78. The molecule has 2 aromatic carbocycles. The van der Waals surface area contributed by atoms with Crippen molar-refractivity contribution in [3.8, 4) is 5.69 Å². The van der Waals surface area contributed by atoms with Crippen molar-refractivity contribution in [1.29, 1.82) is 0 Å². The number of hydrogen-bond donors (Lipinski definition) is 0. The summed E-state index contributed by atoms with van der Waals surface area (Å²) in [6.45, 7) is 3.62. The lowest BCUT2D eigenvalue weighted by molar-refractivity contribution is 0.0684. The lowest BCUT2D eigenvalue weighted by Crippen LogP contribution is -2.39. The summed E-state index contributed by atoms with van der Waals surface area (Å²) in [7, 11) is 0. The second-order valence-electron chi connectivity index (χ2n) is 7.34. The molecule has 4 heteroatoms. The van der Waals surface area contributed by atoms with E-state index in [2.05, 4.69) is 35.4 Å². The minimum absolute atomic E-state index is 0.0472. The van der Waals surface area contributed by atoms with Gasteiger partial charge in [0.15, 0.2) is 5.69 Å². The van der Waals surface area contributed by atoms with E-state index in [-0.39, 0.29) is 5.91 Å². The van der Waals surface area contributed by atoms with E-state index in [1.54, 1.807) is 0 Å². The number of aryl methyl sites for hydroxylation is 1. The van der Waals surface area contributed by atoms with Gasteiger partial charge in [-0.1, -0.05) is 48.5 Å². The fourth-order valence-electron chi connectivity index (χ4n) is 3.86. The van der Waals surface area contributed by atoms with Crippen molar-refractivity contribution in [3.63, 3.8) is 0 Å². The molecule has 0 radical (unpaired) electrons. The van der Waals surface area contributed by atoms with E-state index in [4.69, 9.17) is 0 Å². The van der Waals surface area contributed by atoms with Gasteiger partial charge in [-0.2, -0.15) is 5.10 Å². The number of benzene rings is 2. The number of hydrogen-bond acceptors (Lipinski definition) is 2. The molecule has 1 aliphatic rings. The van der Waals surface area contributed by atoms with Crippen molar-refractivity contribution >= 4 is 5.91 Å². The molecule has 1 amide bonds. The molecule has 3 aromatic rings. The largest absolute Gasteiger partial charge is 0.337 e. The third kappa shape index (κ3) is 3.95. The molecule has 27 heavy (non-hydrogen) atoms. The van der Waals surface area contributed by atoms with E-state index in [1.165, 1.54) is 5.56 Å². The zero-order valence-electron chi connectivity index (χ0n) is 15.7. The Hall–Kier alpha value is -2.88. The molecule has 138 valence electrons. The highest BCUT2D eigenvalue weighted by atomic mass is 16.2. The van der Waals surface area contributed by atoms with Gasteiger partial charge in [-0.05, 0) is 55.9 Å². The van der Waals surface area contributed by atoms with Crippen molar-refractivity contribution in [2.24, 2.45) is 5.92 Å². The van der Waals surface area contributed by atoms with Gasteiger partial charge >= 0.3 is 0 Å². The number of rotatable bonds is 4. The van der Waals surface area contributed by atoms with Gasteiger partial charge in [0.2, 0.25) is 0 Å². The molecule has 0 aliphatic carbocycles. The van der Waals surface area contributed by atoms with Crippen LogP contribution < -0.4 is 0 Å². The number of nitrogens with zero attached hydrogens (tertiary/aromatic N) is 3. The smallest absolute Gasteiger partial charge is 0.274 e. The SMILES string of the molecule is Cc1cc(C(=O)N2CCC(Cc3ccccc3)CC2)nn1-c1ccccc1. The minimum Gasteiger partial charge on any atom is -0.337 e. The predicted molar refractivity (Wildman–Crippen MR) is 107 cm³/mol. The Bertz CT molecular complexity index is 894. The first kappa shape index (κ1) is 17.5. The average Bonchev–Trinajstić information content (AvgIpc) is 3.11. The predicted octanol–water partition coefficient (Wildman–Crippen LogP) is 4.28. The molecule has 0 saturated carbocycles. The molecule has 0 bridgehead atoms. The first-order valence-corrected chi connectivity index (χ1v) is 9.66. The highest BCUT2D eigenvalue weighted by Crippen LogP contribution is 2.23. The number of aromatic nitrogens is 2. The summed E-state index contributed by atoms with van der Waals surface area (Å²) in [6.07, 6.45) is 3.21. The van der Waals surface area contributed by atoms with E-state index in [1.807, 2.05) is 52.9 Å². The molecule has 4 rings (SSSR count). The van der Waals surface area contributed by atoms with Gasteiger partial charge in [-0.25, -0.2) is 4.68 Å². The van der Waals surface area contributed by atoms with Gasteiger partial charge in [0.25, 0.3) is 5.91 Å². The van der Waals surface area contributed by atoms with Crippen LogP contribution in [0.4, 0.5) is 0 Å². The lowest BCUT2D eigenvalue weighted by atomic mass is 9.90. The van der Waals surface area contributed by atoms with Gasteiger partial charge in [0.1, 0.15) is 0 Å². The molecule has 1 saturated heterocycles. The summed E-state index contributed by atoms with van der Waals surface area (Å²) in [5, 5.41) is 4.57. The molecule has 0 atom stereocenters. The number of carbonyl (C=O) groups is 1. The van der Waals surface area contributed by atoms with Crippen LogP contribution in [0.2, 0.25) is 0 Å². The summed E-state index contributed by atoms with van der Waals surface area (Å²) < 4.78 is 1.84. The Kier molecular flexibility index (Phi) is 5.05. The maximum atomic E-state index is 12.9. The van der Waals surface area contributed by atoms with Crippen molar-refractivity contribution in [1.82, 2.24) is 14.7 Å². The molecule has 1 aliphatic heterocycles. The summed E-state index contributed by atoms with van der Waals surface area (Å²) in [5.41, 5.74) is 3.89. The second-order valence-corrected chi connectivity index (χ2v) is 7.34. The molecule has 2 heterocycles. The Labute approximate surface area is 160 Å². The Balaban J connectivity index is 1.40. The average molecular weight is 359 g/mol. The third-order valence-electron chi connectivity index (χ3n) is 5.38. The zero-order chi connectivity index (χ0) is 18.6. The molecular weight excluding hydrogens is 334 g/mol. The van der Waals surface area contributed by atoms with Crippen LogP contribution in [0.25, 0.3) is 5.69 Å². The van der Waals surface area contributed by atoms with E-state index in [9.17, 15) is 4.79 Å². The van der Waals surface area contributed by atoms with Crippen LogP contribution in [0.1, 0.15) is 34.6 Å². The third-order valence-corrected chi connectivity index (χ3v) is 5.38. The molecule has 0 spiro atoms. The number of piperidine rings is 1. The van der Waals surface area contributed by atoms with Crippen LogP contribution in [0, 0.1) is 12.8 Å². The molecule has 0 unspecified atom stereocenters. The van der Waals surface area contributed by atoms with E-state index in [0.29, 0.717) is 11.6 Å². The van der Waals surface area contributed by atoms with Crippen molar-refractivity contribution < 1.29 is 4.79 Å². The summed E-state index contributed by atoms with van der Waals surface area (Å²) >= 11 is 0. The normalized spacial score (nSPS) is 15.1. The highest BCUT2D eigenvalue weighted by Gasteiger charge is 2.25. The fraction of sp³-hybridized carbons (Fsp3) is 0.304. The minimum atomic E-state index is 0.0472. The Morgan fingerprint density at radius 2 is 1.63 bits per heavy atom. The maximum Gasteiger partial charge on any atom is 0.274 e. The fourth-order valence-corrected chi connectivity index (χ4v) is 3.86. The van der Waals surface area contributed by atoms with Gasteiger partial charge in [-0.3, -0.25) is 4.79 Å².